The lowest BCUT2D eigenvalue weighted by atomic mass is 10.0. The van der Waals surface area contributed by atoms with Crippen molar-refractivity contribution in [2.45, 2.75) is 168 Å². The van der Waals surface area contributed by atoms with Crippen molar-refractivity contribution in [1.29, 1.82) is 0 Å². The molecule has 0 aliphatic carbocycles. The molecule has 0 bridgehead atoms. The standard InChI is InChI=1S/C39H66O6/c1-3-5-7-9-11-13-15-17-19-21-23-25-27-30-36(40)31-29-33-39(43)45-35-37(41)34-44-38(42)32-28-26-24-22-20-18-16-14-12-10-8-6-4-2/h11,13,17,19,23,25,27,30,37,41H,3-10,12,14-16,18,20-22,24,26,28-29,31-35H2,1-2H3/b13-11-,19-17-,25-23-,30-27+/t37-/m1/s1. The fraction of sp³-hybridized carbons (Fsp3) is 0.718. The molecular weight excluding hydrogens is 564 g/mol. The summed E-state index contributed by atoms with van der Waals surface area (Å²) in [4.78, 5) is 35.8. The highest BCUT2D eigenvalue weighted by molar-refractivity contribution is 5.90. The lowest BCUT2D eigenvalue weighted by Gasteiger charge is -2.12. The Hall–Kier alpha value is -2.47. The minimum Gasteiger partial charge on any atom is -0.463 e. The number of esters is 2. The molecule has 0 aromatic rings. The van der Waals surface area contributed by atoms with Gasteiger partial charge in [-0.25, -0.2) is 0 Å². The van der Waals surface area contributed by atoms with Gasteiger partial charge in [-0.2, -0.15) is 0 Å². The van der Waals surface area contributed by atoms with Crippen molar-refractivity contribution in [1.82, 2.24) is 0 Å². The number of aliphatic hydroxyl groups is 1. The Morgan fingerprint density at radius 1 is 0.533 bits per heavy atom. The van der Waals surface area contributed by atoms with Gasteiger partial charge < -0.3 is 14.6 Å². The van der Waals surface area contributed by atoms with Crippen LogP contribution in [0.3, 0.4) is 0 Å². The van der Waals surface area contributed by atoms with Crippen molar-refractivity contribution in [2.75, 3.05) is 13.2 Å². The normalized spacial score (nSPS) is 12.6. The monoisotopic (exact) mass is 630 g/mol. The maximum Gasteiger partial charge on any atom is 0.305 e. The summed E-state index contributed by atoms with van der Waals surface area (Å²) in [6.45, 7) is 4.05. The van der Waals surface area contributed by atoms with Crippen LogP contribution in [0.25, 0.3) is 0 Å². The topological polar surface area (TPSA) is 89.9 Å². The van der Waals surface area contributed by atoms with Gasteiger partial charge in [-0.1, -0.05) is 146 Å². The van der Waals surface area contributed by atoms with E-state index in [1.807, 2.05) is 12.2 Å². The van der Waals surface area contributed by atoms with Crippen LogP contribution in [-0.2, 0) is 23.9 Å². The number of ether oxygens (including phenoxy) is 2. The number of carbonyl (C=O) groups excluding carboxylic acids is 3. The minimum atomic E-state index is -1.05. The van der Waals surface area contributed by atoms with Gasteiger partial charge in [0.05, 0.1) is 0 Å². The van der Waals surface area contributed by atoms with Crippen molar-refractivity contribution >= 4 is 17.7 Å². The van der Waals surface area contributed by atoms with Gasteiger partial charge in [-0.05, 0) is 44.6 Å². The van der Waals surface area contributed by atoms with Gasteiger partial charge >= 0.3 is 11.9 Å². The van der Waals surface area contributed by atoms with E-state index in [1.165, 1.54) is 89.5 Å². The summed E-state index contributed by atoms with van der Waals surface area (Å²) in [5.74, 6) is -0.861. The fourth-order valence-electron chi connectivity index (χ4n) is 4.74. The van der Waals surface area contributed by atoms with Gasteiger partial charge in [0.25, 0.3) is 0 Å². The Bertz CT molecular complexity index is 825. The zero-order valence-electron chi connectivity index (χ0n) is 28.9. The Morgan fingerprint density at radius 2 is 1.00 bits per heavy atom. The summed E-state index contributed by atoms with van der Waals surface area (Å²) in [6.07, 6.45) is 38.7. The third kappa shape index (κ3) is 34.2. The van der Waals surface area contributed by atoms with Crippen LogP contribution in [-0.4, -0.2) is 42.1 Å². The number of hydrogen-bond acceptors (Lipinski definition) is 6. The van der Waals surface area contributed by atoms with E-state index < -0.39 is 12.1 Å². The predicted molar refractivity (Wildman–Crippen MR) is 187 cm³/mol. The van der Waals surface area contributed by atoms with Crippen LogP contribution in [0.5, 0.6) is 0 Å². The van der Waals surface area contributed by atoms with Crippen molar-refractivity contribution in [3.8, 4) is 0 Å². The Balaban J connectivity index is 3.67. The number of hydrogen-bond donors (Lipinski definition) is 1. The molecule has 0 aromatic heterocycles. The van der Waals surface area contributed by atoms with Crippen molar-refractivity contribution in [2.24, 2.45) is 0 Å². The van der Waals surface area contributed by atoms with E-state index in [4.69, 9.17) is 9.47 Å². The summed E-state index contributed by atoms with van der Waals surface area (Å²) in [5.41, 5.74) is 0. The third-order valence-electron chi connectivity index (χ3n) is 7.54. The first-order valence-corrected chi connectivity index (χ1v) is 18.1. The van der Waals surface area contributed by atoms with Crippen LogP contribution in [0.2, 0.25) is 0 Å². The lowest BCUT2D eigenvalue weighted by molar-refractivity contribution is -0.152. The van der Waals surface area contributed by atoms with Crippen molar-refractivity contribution in [3.63, 3.8) is 0 Å². The van der Waals surface area contributed by atoms with E-state index in [2.05, 4.69) is 38.2 Å². The Kier molecular flexibility index (Phi) is 32.5. The molecular formula is C39H66O6. The van der Waals surface area contributed by atoms with Crippen LogP contribution >= 0.6 is 0 Å². The Morgan fingerprint density at radius 3 is 1.58 bits per heavy atom. The molecule has 6 heteroatoms. The maximum atomic E-state index is 12.0. The largest absolute Gasteiger partial charge is 0.463 e. The molecule has 0 heterocycles. The van der Waals surface area contributed by atoms with E-state index in [0.717, 1.165) is 38.5 Å². The molecule has 258 valence electrons. The average Bonchev–Trinajstić information content (AvgIpc) is 3.03. The van der Waals surface area contributed by atoms with Crippen LogP contribution in [0.4, 0.5) is 0 Å². The maximum absolute atomic E-state index is 12.0. The quantitative estimate of drug-likeness (QED) is 0.0261. The number of carbonyl (C=O) groups is 3. The average molecular weight is 631 g/mol. The summed E-state index contributed by atoms with van der Waals surface area (Å²) in [6, 6.07) is 0. The molecule has 0 aliphatic heterocycles. The van der Waals surface area contributed by atoms with E-state index in [9.17, 15) is 19.5 Å². The highest BCUT2D eigenvalue weighted by Gasteiger charge is 2.12. The van der Waals surface area contributed by atoms with Crippen LogP contribution in [0.1, 0.15) is 162 Å². The number of rotatable bonds is 32. The summed E-state index contributed by atoms with van der Waals surface area (Å²) in [7, 11) is 0. The van der Waals surface area contributed by atoms with Crippen LogP contribution in [0, 0.1) is 0 Å². The van der Waals surface area contributed by atoms with E-state index >= 15 is 0 Å². The second-order valence-corrected chi connectivity index (χ2v) is 12.0. The van der Waals surface area contributed by atoms with Gasteiger partial charge in [0, 0.05) is 19.3 Å². The molecule has 0 saturated carbocycles. The molecule has 0 radical (unpaired) electrons. The summed E-state index contributed by atoms with van der Waals surface area (Å²) >= 11 is 0. The minimum absolute atomic E-state index is 0.0494. The lowest BCUT2D eigenvalue weighted by Crippen LogP contribution is -2.25. The van der Waals surface area contributed by atoms with Crippen molar-refractivity contribution < 1.29 is 29.0 Å². The molecule has 6 nitrogen and oxygen atoms in total. The molecule has 0 saturated heterocycles. The number of aliphatic hydroxyl groups excluding tert-OH is 1. The molecule has 0 aromatic carbocycles. The molecule has 0 rings (SSSR count). The zero-order chi connectivity index (χ0) is 33.1. The number of ketones is 1. The van der Waals surface area contributed by atoms with Gasteiger partial charge in [-0.15, -0.1) is 0 Å². The van der Waals surface area contributed by atoms with E-state index in [0.29, 0.717) is 12.8 Å². The molecule has 0 spiro atoms. The first kappa shape index (κ1) is 42.5. The SMILES string of the molecule is CCCCC/C=C\C/C=C\C/C=C\C=C\C(=O)CCCC(=O)OC[C@H](O)COC(=O)CCCCCCCCCCCCCCC. The number of allylic oxidation sites excluding steroid dienone is 8. The first-order chi connectivity index (χ1) is 22.0. The molecule has 0 unspecified atom stereocenters. The molecule has 45 heavy (non-hydrogen) atoms. The predicted octanol–water partition coefficient (Wildman–Crippen LogP) is 10.2. The van der Waals surface area contributed by atoms with Gasteiger partial charge in [0.1, 0.15) is 19.3 Å². The Labute approximate surface area is 275 Å². The molecule has 0 fully saturated rings. The molecule has 1 N–H and O–H groups in total. The number of unbranched alkanes of at least 4 members (excludes halogenated alkanes) is 15. The fourth-order valence-corrected chi connectivity index (χ4v) is 4.74. The second-order valence-electron chi connectivity index (χ2n) is 12.0. The summed E-state index contributed by atoms with van der Waals surface area (Å²) < 4.78 is 10.2. The van der Waals surface area contributed by atoms with Crippen molar-refractivity contribution in [3.05, 3.63) is 48.6 Å². The first-order valence-electron chi connectivity index (χ1n) is 18.1. The third-order valence-corrected chi connectivity index (χ3v) is 7.54. The van der Waals surface area contributed by atoms with Crippen LogP contribution < -0.4 is 0 Å². The van der Waals surface area contributed by atoms with E-state index in [-0.39, 0.29) is 37.8 Å². The van der Waals surface area contributed by atoms with Gasteiger partial charge in [-0.3, -0.25) is 14.4 Å². The molecule has 0 aliphatic rings. The molecule has 1 atom stereocenters. The van der Waals surface area contributed by atoms with Gasteiger partial charge in [0.15, 0.2) is 5.78 Å². The van der Waals surface area contributed by atoms with Crippen LogP contribution in [0.15, 0.2) is 48.6 Å². The zero-order valence-corrected chi connectivity index (χ0v) is 28.9. The molecule has 0 amide bonds. The van der Waals surface area contributed by atoms with E-state index in [1.54, 1.807) is 6.08 Å². The highest BCUT2D eigenvalue weighted by atomic mass is 16.6. The smallest absolute Gasteiger partial charge is 0.305 e. The highest BCUT2D eigenvalue weighted by Crippen LogP contribution is 2.13. The summed E-state index contributed by atoms with van der Waals surface area (Å²) in [5, 5.41) is 9.96. The van der Waals surface area contributed by atoms with Gasteiger partial charge in [0.2, 0.25) is 0 Å². The second kappa shape index (κ2) is 34.4.